The number of hydrogen-bond donors (Lipinski definition) is 3. The number of ether oxygens (including phenoxy) is 3. The molecule has 0 atom stereocenters. The van der Waals surface area contributed by atoms with Gasteiger partial charge in [-0.05, 0) is 29.8 Å². The first-order valence-electron chi connectivity index (χ1n) is 7.76. The van der Waals surface area contributed by atoms with Crippen LogP contribution in [0.25, 0.3) is 0 Å². The Morgan fingerprint density at radius 3 is 2.35 bits per heavy atom. The van der Waals surface area contributed by atoms with E-state index >= 15 is 0 Å². The lowest BCUT2D eigenvalue weighted by molar-refractivity contribution is -0.121. The Morgan fingerprint density at radius 2 is 1.65 bits per heavy atom. The number of carbonyl (C=O) groups excluding carboxylic acids is 2. The predicted molar refractivity (Wildman–Crippen MR) is 96.5 cm³/mol. The number of hydrogen-bond acceptors (Lipinski definition) is 5. The first kappa shape index (κ1) is 18.9. The second-order valence-electron chi connectivity index (χ2n) is 5.23. The van der Waals surface area contributed by atoms with E-state index in [9.17, 15) is 9.59 Å². The fraction of sp³-hybridized carbons (Fsp3) is 0.222. The van der Waals surface area contributed by atoms with Crippen molar-refractivity contribution in [3.8, 4) is 17.2 Å². The highest BCUT2D eigenvalue weighted by atomic mass is 16.5. The van der Waals surface area contributed by atoms with Crippen molar-refractivity contribution in [2.45, 2.75) is 6.42 Å². The summed E-state index contributed by atoms with van der Waals surface area (Å²) in [7, 11) is 4.58. The summed E-state index contributed by atoms with van der Waals surface area (Å²) in [6, 6.07) is 11.5. The molecule has 3 amide bonds. The van der Waals surface area contributed by atoms with Crippen molar-refractivity contribution in [3.63, 3.8) is 0 Å². The number of nitrogens with one attached hydrogen (secondary N) is 3. The Morgan fingerprint density at radius 1 is 0.885 bits per heavy atom. The Labute approximate surface area is 151 Å². The summed E-state index contributed by atoms with van der Waals surface area (Å²) in [5.41, 5.74) is 5.89. The van der Waals surface area contributed by atoms with Crippen LogP contribution in [0.4, 0.5) is 10.5 Å². The van der Waals surface area contributed by atoms with Gasteiger partial charge in [-0.3, -0.25) is 10.2 Å². The molecule has 0 aliphatic heterocycles. The summed E-state index contributed by atoms with van der Waals surface area (Å²) in [5, 5.41) is 2.59. The molecule has 2 aromatic carbocycles. The maximum absolute atomic E-state index is 11.9. The minimum absolute atomic E-state index is 0.105. The van der Waals surface area contributed by atoms with Crippen LogP contribution in [-0.2, 0) is 11.2 Å². The molecule has 138 valence electrons. The number of anilines is 1. The zero-order valence-electron chi connectivity index (χ0n) is 14.8. The zero-order chi connectivity index (χ0) is 18.9. The van der Waals surface area contributed by atoms with Crippen molar-refractivity contribution in [2.24, 2.45) is 0 Å². The number of carbonyl (C=O) groups is 2. The molecule has 8 nitrogen and oxygen atoms in total. The van der Waals surface area contributed by atoms with Gasteiger partial charge in [0.05, 0.1) is 27.8 Å². The first-order valence-corrected chi connectivity index (χ1v) is 7.76. The largest absolute Gasteiger partial charge is 0.497 e. The van der Waals surface area contributed by atoms with Gasteiger partial charge in [0.2, 0.25) is 5.91 Å². The number of benzene rings is 2. The molecule has 0 heterocycles. The number of urea groups is 1. The van der Waals surface area contributed by atoms with Gasteiger partial charge in [0.1, 0.15) is 5.75 Å². The number of methoxy groups -OCH3 is 3. The average Bonchev–Trinajstić information content (AvgIpc) is 2.66. The van der Waals surface area contributed by atoms with Crippen LogP contribution in [0.3, 0.4) is 0 Å². The molecular formula is C18H21N3O5. The van der Waals surface area contributed by atoms with Crippen LogP contribution in [0.15, 0.2) is 42.5 Å². The molecule has 0 radical (unpaired) electrons. The highest BCUT2D eigenvalue weighted by molar-refractivity contribution is 5.91. The lowest BCUT2D eigenvalue weighted by Crippen LogP contribution is -2.44. The van der Waals surface area contributed by atoms with E-state index in [0.717, 1.165) is 5.56 Å². The molecule has 0 aliphatic rings. The average molecular weight is 359 g/mol. The number of hydrazine groups is 1. The van der Waals surface area contributed by atoms with Crippen LogP contribution in [0.5, 0.6) is 17.2 Å². The fourth-order valence-electron chi connectivity index (χ4n) is 2.21. The fourth-order valence-corrected chi connectivity index (χ4v) is 2.21. The van der Waals surface area contributed by atoms with Gasteiger partial charge in [0.25, 0.3) is 0 Å². The molecule has 0 aliphatic carbocycles. The Balaban J connectivity index is 1.85. The minimum Gasteiger partial charge on any atom is -0.497 e. The molecule has 0 bridgehead atoms. The van der Waals surface area contributed by atoms with E-state index in [1.54, 1.807) is 49.6 Å². The molecule has 0 fully saturated rings. The maximum atomic E-state index is 11.9. The smallest absolute Gasteiger partial charge is 0.337 e. The molecule has 0 aromatic heterocycles. The molecule has 2 aromatic rings. The van der Waals surface area contributed by atoms with Crippen molar-refractivity contribution in [1.29, 1.82) is 0 Å². The molecule has 2 rings (SSSR count). The third-order valence-corrected chi connectivity index (χ3v) is 3.46. The molecular weight excluding hydrogens is 338 g/mol. The lowest BCUT2D eigenvalue weighted by atomic mass is 10.1. The van der Waals surface area contributed by atoms with Crippen molar-refractivity contribution < 1.29 is 23.8 Å². The van der Waals surface area contributed by atoms with Crippen molar-refractivity contribution in [3.05, 3.63) is 48.0 Å². The van der Waals surface area contributed by atoms with Gasteiger partial charge in [-0.25, -0.2) is 10.2 Å². The lowest BCUT2D eigenvalue weighted by Gasteiger charge is -2.12. The normalized spacial score (nSPS) is 9.81. The number of amides is 3. The summed E-state index contributed by atoms with van der Waals surface area (Å²) >= 11 is 0. The Hall–Kier alpha value is -3.42. The van der Waals surface area contributed by atoms with Crippen LogP contribution in [0.1, 0.15) is 5.56 Å². The molecule has 0 saturated heterocycles. The molecule has 0 saturated carbocycles. The molecule has 0 unspecified atom stereocenters. The molecule has 3 N–H and O–H groups in total. The second kappa shape index (κ2) is 9.16. The van der Waals surface area contributed by atoms with E-state index in [1.807, 2.05) is 0 Å². The van der Waals surface area contributed by atoms with Crippen molar-refractivity contribution >= 4 is 17.6 Å². The minimum atomic E-state index is -0.587. The third kappa shape index (κ3) is 5.30. The highest BCUT2D eigenvalue weighted by Gasteiger charge is 2.09. The predicted octanol–water partition coefficient (Wildman–Crippen LogP) is 2.11. The van der Waals surface area contributed by atoms with Crippen LogP contribution < -0.4 is 30.4 Å². The van der Waals surface area contributed by atoms with Crippen molar-refractivity contribution in [2.75, 3.05) is 26.6 Å². The van der Waals surface area contributed by atoms with Gasteiger partial charge in [-0.2, -0.15) is 0 Å². The molecule has 26 heavy (non-hydrogen) atoms. The highest BCUT2D eigenvalue weighted by Crippen LogP contribution is 2.29. The van der Waals surface area contributed by atoms with Gasteiger partial charge < -0.3 is 19.5 Å². The monoisotopic (exact) mass is 359 g/mol. The van der Waals surface area contributed by atoms with Gasteiger partial charge in [0, 0.05) is 11.8 Å². The standard InChI is InChI=1S/C18H21N3O5/c1-24-14-6-4-5-12(9-14)10-17(22)20-21-18(23)19-13-7-8-15(25-2)16(11-13)26-3/h4-9,11H,10H2,1-3H3,(H,20,22)(H2,19,21,23). The first-order chi connectivity index (χ1) is 12.5. The number of rotatable bonds is 6. The Bertz CT molecular complexity index is 779. The summed E-state index contributed by atoms with van der Waals surface area (Å²) in [6.45, 7) is 0. The van der Waals surface area contributed by atoms with Crippen LogP contribution in [-0.4, -0.2) is 33.3 Å². The summed E-state index contributed by atoms with van der Waals surface area (Å²) < 4.78 is 15.4. The van der Waals surface area contributed by atoms with Crippen LogP contribution in [0, 0.1) is 0 Å². The third-order valence-electron chi connectivity index (χ3n) is 3.46. The Kier molecular flexibility index (Phi) is 6.67. The van der Waals surface area contributed by atoms with E-state index in [2.05, 4.69) is 16.2 Å². The van der Waals surface area contributed by atoms with Gasteiger partial charge in [-0.1, -0.05) is 12.1 Å². The zero-order valence-corrected chi connectivity index (χ0v) is 14.8. The van der Waals surface area contributed by atoms with E-state index in [4.69, 9.17) is 14.2 Å². The van der Waals surface area contributed by atoms with Gasteiger partial charge in [-0.15, -0.1) is 0 Å². The summed E-state index contributed by atoms with van der Waals surface area (Å²) in [4.78, 5) is 23.8. The van der Waals surface area contributed by atoms with Gasteiger partial charge in [0.15, 0.2) is 11.5 Å². The van der Waals surface area contributed by atoms with E-state index in [0.29, 0.717) is 22.9 Å². The van der Waals surface area contributed by atoms with Crippen LogP contribution in [0.2, 0.25) is 0 Å². The molecule has 8 heteroatoms. The van der Waals surface area contributed by atoms with Crippen LogP contribution >= 0.6 is 0 Å². The second-order valence-corrected chi connectivity index (χ2v) is 5.23. The topological polar surface area (TPSA) is 97.9 Å². The van der Waals surface area contributed by atoms with Crippen molar-refractivity contribution in [1.82, 2.24) is 10.9 Å². The van der Waals surface area contributed by atoms with E-state index in [-0.39, 0.29) is 12.3 Å². The summed E-state index contributed by atoms with van der Waals surface area (Å²) in [5.74, 6) is 1.33. The SMILES string of the molecule is COc1cccc(CC(=O)NNC(=O)Nc2ccc(OC)c(OC)c2)c1. The quantitative estimate of drug-likeness (QED) is 0.686. The van der Waals surface area contributed by atoms with Gasteiger partial charge >= 0.3 is 6.03 Å². The summed E-state index contributed by atoms with van der Waals surface area (Å²) in [6.07, 6.45) is 0.105. The van der Waals surface area contributed by atoms with E-state index in [1.165, 1.54) is 14.2 Å². The molecule has 0 spiro atoms. The van der Waals surface area contributed by atoms with E-state index < -0.39 is 6.03 Å². The maximum Gasteiger partial charge on any atom is 0.337 e.